The third kappa shape index (κ3) is 4.71. The van der Waals surface area contributed by atoms with Gasteiger partial charge in [0, 0.05) is 0 Å². The standard InChI is InChI=1S/C18H16.C9H14O2/c1-3-7-15-13(5-1)9-11-18-16-8-4-2-6-14(16)10-12-17(15)18;1-8(2)7-11-9-5-3-4-6-10-9/h1,3,5,7,9-12H,2,4,6,8H2;3-6,8-9H,7H2,1-2H3. The van der Waals surface area contributed by atoms with Crippen LogP contribution in [-0.2, 0) is 22.3 Å². The van der Waals surface area contributed by atoms with Gasteiger partial charge in [0.2, 0.25) is 6.29 Å². The van der Waals surface area contributed by atoms with Crippen LogP contribution < -0.4 is 0 Å². The Morgan fingerprint density at radius 3 is 2.55 bits per heavy atom. The van der Waals surface area contributed by atoms with E-state index in [0.717, 1.165) is 6.61 Å². The van der Waals surface area contributed by atoms with E-state index in [1.807, 2.05) is 18.2 Å². The largest absolute Gasteiger partial charge is 0.469 e. The van der Waals surface area contributed by atoms with Gasteiger partial charge in [-0.25, -0.2) is 0 Å². The Morgan fingerprint density at radius 1 is 0.897 bits per heavy atom. The molecule has 3 aromatic rings. The predicted octanol–water partition coefficient (Wildman–Crippen LogP) is 6.96. The summed E-state index contributed by atoms with van der Waals surface area (Å²) in [4.78, 5) is 0. The first-order valence-electron chi connectivity index (χ1n) is 10.7. The van der Waals surface area contributed by atoms with Crippen molar-refractivity contribution in [3.63, 3.8) is 0 Å². The lowest BCUT2D eigenvalue weighted by Crippen LogP contribution is -2.16. The second kappa shape index (κ2) is 9.28. The maximum absolute atomic E-state index is 5.38. The number of benzene rings is 3. The number of fused-ring (bicyclic) bond motifs is 5. The molecule has 2 aliphatic rings. The van der Waals surface area contributed by atoms with Crippen molar-refractivity contribution in [3.05, 3.63) is 84.1 Å². The molecule has 0 radical (unpaired) electrons. The van der Waals surface area contributed by atoms with Crippen LogP contribution in [0.3, 0.4) is 0 Å². The minimum absolute atomic E-state index is 0.178. The first-order valence-corrected chi connectivity index (χ1v) is 10.7. The van der Waals surface area contributed by atoms with E-state index in [1.54, 1.807) is 17.4 Å². The molecule has 3 aromatic carbocycles. The minimum atomic E-state index is -0.178. The third-order valence-electron chi connectivity index (χ3n) is 5.52. The van der Waals surface area contributed by atoms with Crippen molar-refractivity contribution in [1.82, 2.24) is 0 Å². The second-order valence-electron chi connectivity index (χ2n) is 8.24. The average molecular weight is 387 g/mol. The van der Waals surface area contributed by atoms with Crippen molar-refractivity contribution in [1.29, 1.82) is 0 Å². The Labute approximate surface area is 173 Å². The van der Waals surface area contributed by atoms with Gasteiger partial charge >= 0.3 is 0 Å². The Kier molecular flexibility index (Phi) is 6.31. The Bertz CT molecular complexity index is 1030. The zero-order valence-electron chi connectivity index (χ0n) is 17.4. The zero-order chi connectivity index (χ0) is 20.1. The number of aryl methyl sites for hydroxylation is 2. The number of hydrogen-bond donors (Lipinski definition) is 0. The SMILES string of the molecule is CC(C)COC1C=CC=CO1.c1ccc2c(c1)ccc1c3c(ccc12)CCCC3. The molecule has 0 fully saturated rings. The van der Waals surface area contributed by atoms with E-state index in [4.69, 9.17) is 9.47 Å². The summed E-state index contributed by atoms with van der Waals surface area (Å²) >= 11 is 0. The van der Waals surface area contributed by atoms with Crippen molar-refractivity contribution in [2.24, 2.45) is 5.92 Å². The smallest absolute Gasteiger partial charge is 0.219 e. The predicted molar refractivity (Wildman–Crippen MR) is 122 cm³/mol. The number of ether oxygens (including phenoxy) is 2. The molecule has 0 aromatic heterocycles. The molecule has 0 saturated heterocycles. The van der Waals surface area contributed by atoms with Crippen molar-refractivity contribution in [2.75, 3.05) is 6.61 Å². The highest BCUT2D eigenvalue weighted by Crippen LogP contribution is 2.33. The molecule has 0 saturated carbocycles. The van der Waals surface area contributed by atoms with E-state index in [1.165, 1.54) is 47.2 Å². The van der Waals surface area contributed by atoms with Gasteiger partial charge in [-0.05, 0) is 76.4 Å². The van der Waals surface area contributed by atoms with Crippen LogP contribution in [-0.4, -0.2) is 12.9 Å². The summed E-state index contributed by atoms with van der Waals surface area (Å²) in [5.74, 6) is 0.554. The first kappa shape index (κ1) is 19.7. The summed E-state index contributed by atoms with van der Waals surface area (Å²) in [6.45, 7) is 4.97. The molecule has 2 nitrogen and oxygen atoms in total. The molecule has 1 atom stereocenters. The van der Waals surface area contributed by atoms with Gasteiger partial charge in [0.05, 0.1) is 12.9 Å². The molecular weight excluding hydrogens is 356 g/mol. The van der Waals surface area contributed by atoms with Crippen LogP contribution >= 0.6 is 0 Å². The first-order chi connectivity index (χ1) is 14.2. The van der Waals surface area contributed by atoms with Gasteiger partial charge in [0.15, 0.2) is 0 Å². The maximum atomic E-state index is 5.38. The monoisotopic (exact) mass is 386 g/mol. The Morgan fingerprint density at radius 2 is 1.72 bits per heavy atom. The second-order valence-corrected chi connectivity index (χ2v) is 8.24. The normalized spacial score (nSPS) is 17.7. The lowest BCUT2D eigenvalue weighted by Gasteiger charge is -2.18. The van der Waals surface area contributed by atoms with Crippen LogP contribution in [0, 0.1) is 5.92 Å². The molecule has 0 spiro atoms. The molecular formula is C27H30O2. The molecule has 0 N–H and O–H groups in total. The summed E-state index contributed by atoms with van der Waals surface area (Å²) in [6.07, 6.45) is 12.3. The summed E-state index contributed by atoms with van der Waals surface area (Å²) in [5, 5.41) is 5.64. The minimum Gasteiger partial charge on any atom is -0.469 e. The third-order valence-corrected chi connectivity index (χ3v) is 5.52. The fraction of sp³-hybridized carbons (Fsp3) is 0.333. The molecule has 0 bridgehead atoms. The summed E-state index contributed by atoms with van der Waals surface area (Å²) < 4.78 is 10.5. The lowest BCUT2D eigenvalue weighted by molar-refractivity contribution is -0.0823. The zero-order valence-corrected chi connectivity index (χ0v) is 17.4. The summed E-state index contributed by atoms with van der Waals surface area (Å²) in [5.41, 5.74) is 3.17. The molecule has 1 unspecified atom stereocenters. The molecule has 1 aliphatic heterocycles. The van der Waals surface area contributed by atoms with E-state index >= 15 is 0 Å². The summed E-state index contributed by atoms with van der Waals surface area (Å²) in [6, 6.07) is 18.0. The van der Waals surface area contributed by atoms with Gasteiger partial charge in [-0.3, -0.25) is 0 Å². The highest BCUT2D eigenvalue weighted by atomic mass is 16.7. The van der Waals surface area contributed by atoms with Gasteiger partial charge in [-0.2, -0.15) is 0 Å². The van der Waals surface area contributed by atoms with Crippen LogP contribution in [0.25, 0.3) is 21.5 Å². The number of rotatable bonds is 3. The summed E-state index contributed by atoms with van der Waals surface area (Å²) in [7, 11) is 0. The van der Waals surface area contributed by atoms with E-state index in [2.05, 4.69) is 62.4 Å². The van der Waals surface area contributed by atoms with Gasteiger partial charge in [0.1, 0.15) is 0 Å². The van der Waals surface area contributed by atoms with Crippen molar-refractivity contribution < 1.29 is 9.47 Å². The van der Waals surface area contributed by atoms with Gasteiger partial charge in [-0.1, -0.05) is 68.5 Å². The topological polar surface area (TPSA) is 18.5 Å². The molecule has 1 aliphatic carbocycles. The van der Waals surface area contributed by atoms with Gasteiger partial charge in [0.25, 0.3) is 0 Å². The Hall–Kier alpha value is -2.58. The van der Waals surface area contributed by atoms with E-state index in [-0.39, 0.29) is 6.29 Å². The van der Waals surface area contributed by atoms with E-state index < -0.39 is 0 Å². The fourth-order valence-electron chi connectivity index (χ4n) is 4.09. The van der Waals surface area contributed by atoms with Crippen molar-refractivity contribution in [3.8, 4) is 0 Å². The van der Waals surface area contributed by atoms with E-state index in [9.17, 15) is 0 Å². The van der Waals surface area contributed by atoms with E-state index in [0.29, 0.717) is 5.92 Å². The maximum Gasteiger partial charge on any atom is 0.219 e. The molecule has 1 heterocycles. The molecule has 5 rings (SSSR count). The van der Waals surface area contributed by atoms with Crippen molar-refractivity contribution in [2.45, 2.75) is 45.8 Å². The van der Waals surface area contributed by atoms with Crippen LogP contribution in [0.5, 0.6) is 0 Å². The molecule has 0 amide bonds. The quantitative estimate of drug-likeness (QED) is 0.453. The number of allylic oxidation sites excluding steroid dienone is 2. The van der Waals surface area contributed by atoms with Crippen LogP contribution in [0.4, 0.5) is 0 Å². The average Bonchev–Trinajstić information content (AvgIpc) is 2.78. The number of hydrogen-bond acceptors (Lipinski definition) is 2. The molecule has 2 heteroatoms. The fourth-order valence-corrected chi connectivity index (χ4v) is 4.09. The highest BCUT2D eigenvalue weighted by molar-refractivity contribution is 6.08. The lowest BCUT2D eigenvalue weighted by atomic mass is 9.86. The highest BCUT2D eigenvalue weighted by Gasteiger charge is 2.13. The Balaban J connectivity index is 0.000000161. The van der Waals surface area contributed by atoms with Crippen LogP contribution in [0.1, 0.15) is 37.8 Å². The molecule has 150 valence electrons. The molecule has 29 heavy (non-hydrogen) atoms. The van der Waals surface area contributed by atoms with Crippen LogP contribution in [0.15, 0.2) is 73.0 Å². The van der Waals surface area contributed by atoms with Crippen molar-refractivity contribution >= 4 is 21.5 Å². The van der Waals surface area contributed by atoms with Gasteiger partial charge in [-0.15, -0.1) is 0 Å². The van der Waals surface area contributed by atoms with Gasteiger partial charge < -0.3 is 9.47 Å². The van der Waals surface area contributed by atoms with Crippen LogP contribution in [0.2, 0.25) is 0 Å².